The quantitative estimate of drug-likeness (QED) is 0.224. The molecule has 0 aliphatic rings. The second kappa shape index (κ2) is 10.2. The van der Waals surface area contributed by atoms with Gasteiger partial charge in [0.2, 0.25) is 0 Å². The minimum atomic E-state index is -5.83. The molecule has 2 atom stereocenters. The highest BCUT2D eigenvalue weighted by Crippen LogP contribution is 2.51. The van der Waals surface area contributed by atoms with E-state index in [1.54, 1.807) is 6.92 Å². The lowest BCUT2D eigenvalue weighted by atomic mass is 9.58. The third kappa shape index (κ3) is 7.58. The molecule has 2 unspecified atom stereocenters. The van der Waals surface area contributed by atoms with Gasteiger partial charge in [0, 0.05) is 0 Å². The molecule has 0 saturated heterocycles. The fourth-order valence-corrected chi connectivity index (χ4v) is 3.24. The van der Waals surface area contributed by atoms with Crippen LogP contribution >= 0.6 is 0 Å². The van der Waals surface area contributed by atoms with Gasteiger partial charge in [-0.25, -0.2) is 0 Å². The van der Waals surface area contributed by atoms with Gasteiger partial charge in [-0.2, -0.15) is 22.0 Å². The lowest BCUT2D eigenvalue weighted by molar-refractivity contribution is -0.294. The molecule has 0 radical (unpaired) electrons. The van der Waals surface area contributed by atoms with Crippen molar-refractivity contribution in [2.24, 2.45) is 16.2 Å². The Kier molecular flexibility index (Phi) is 9.79. The topological polar surface area (TPSA) is 52.6 Å². The smallest absolute Gasteiger partial charge is 0.456 e. The Hall–Kier alpha value is -1.41. The van der Waals surface area contributed by atoms with Gasteiger partial charge in [0.05, 0.1) is 11.8 Å². The van der Waals surface area contributed by atoms with Crippen LogP contribution in [0.5, 0.6) is 0 Å². The molecular formula is C23H39F5O4. The van der Waals surface area contributed by atoms with Crippen molar-refractivity contribution in [1.29, 1.82) is 0 Å². The fraction of sp³-hybridized carbons (Fsp3) is 0.913. The highest BCUT2D eigenvalue weighted by atomic mass is 19.4. The summed E-state index contributed by atoms with van der Waals surface area (Å²) in [4.78, 5) is 25.5. The van der Waals surface area contributed by atoms with E-state index >= 15 is 0 Å². The molecule has 0 fully saturated rings. The van der Waals surface area contributed by atoms with Crippen LogP contribution in [0.3, 0.4) is 0 Å². The summed E-state index contributed by atoms with van der Waals surface area (Å²) < 4.78 is 72.9. The predicted molar refractivity (Wildman–Crippen MR) is 112 cm³/mol. The molecular weight excluding hydrogens is 435 g/mol. The molecule has 9 heteroatoms. The number of ether oxygens (including phenoxy) is 2. The van der Waals surface area contributed by atoms with Crippen molar-refractivity contribution in [2.45, 2.75) is 112 Å². The van der Waals surface area contributed by atoms with Crippen molar-refractivity contribution in [1.82, 2.24) is 0 Å². The number of esters is 2. The van der Waals surface area contributed by atoms with Crippen LogP contribution in [-0.2, 0) is 19.1 Å². The zero-order valence-corrected chi connectivity index (χ0v) is 20.8. The summed E-state index contributed by atoms with van der Waals surface area (Å²) in [6.45, 7) is 14.7. The van der Waals surface area contributed by atoms with E-state index in [1.807, 2.05) is 48.5 Å². The van der Waals surface area contributed by atoms with Gasteiger partial charge in [0.1, 0.15) is 5.60 Å². The average molecular weight is 475 g/mol. The third-order valence-electron chi connectivity index (χ3n) is 7.05. The van der Waals surface area contributed by atoms with E-state index in [2.05, 4.69) is 4.74 Å². The van der Waals surface area contributed by atoms with E-state index in [4.69, 9.17) is 4.74 Å². The van der Waals surface area contributed by atoms with Crippen LogP contribution in [0.1, 0.15) is 94.4 Å². The molecule has 0 spiro atoms. The lowest BCUT2D eigenvalue weighted by Gasteiger charge is -2.47. The fourth-order valence-electron chi connectivity index (χ4n) is 3.24. The highest BCUT2D eigenvalue weighted by molar-refractivity contribution is 5.79. The van der Waals surface area contributed by atoms with E-state index in [1.165, 1.54) is 6.92 Å². The summed E-state index contributed by atoms with van der Waals surface area (Å²) >= 11 is 0. The molecule has 0 rings (SSSR count). The van der Waals surface area contributed by atoms with Crippen LogP contribution in [-0.4, -0.2) is 36.2 Å². The normalized spacial score (nSPS) is 17.3. The summed E-state index contributed by atoms with van der Waals surface area (Å²) in [5, 5.41) is 0. The Bertz CT molecular complexity index is 657. The molecule has 0 aliphatic heterocycles. The Morgan fingerprint density at radius 1 is 0.781 bits per heavy atom. The minimum absolute atomic E-state index is 0.142. The molecule has 0 aromatic heterocycles. The van der Waals surface area contributed by atoms with E-state index in [-0.39, 0.29) is 11.8 Å². The third-order valence-corrected chi connectivity index (χ3v) is 7.05. The first kappa shape index (κ1) is 30.6. The van der Waals surface area contributed by atoms with Gasteiger partial charge < -0.3 is 9.47 Å². The van der Waals surface area contributed by atoms with Crippen molar-refractivity contribution in [3.05, 3.63) is 0 Å². The lowest BCUT2D eigenvalue weighted by Crippen LogP contribution is -2.49. The van der Waals surface area contributed by atoms with Crippen molar-refractivity contribution in [3.63, 3.8) is 0 Å². The predicted octanol–water partition coefficient (Wildman–Crippen LogP) is 7.10. The summed E-state index contributed by atoms with van der Waals surface area (Å²) in [6.07, 6.45) is -4.31. The minimum Gasteiger partial charge on any atom is -0.459 e. The molecule has 0 aromatic carbocycles. The van der Waals surface area contributed by atoms with Gasteiger partial charge in [-0.3, -0.25) is 9.59 Å². The maximum atomic E-state index is 13.4. The monoisotopic (exact) mass is 474 g/mol. The van der Waals surface area contributed by atoms with Crippen molar-refractivity contribution in [3.8, 4) is 0 Å². The second-order valence-electron chi connectivity index (χ2n) is 10.5. The molecule has 0 saturated carbocycles. The Labute approximate surface area is 188 Å². The van der Waals surface area contributed by atoms with Gasteiger partial charge in [-0.05, 0) is 43.9 Å². The molecule has 0 heterocycles. The van der Waals surface area contributed by atoms with Gasteiger partial charge in [0.25, 0.3) is 0 Å². The first-order chi connectivity index (χ1) is 14.1. The molecule has 32 heavy (non-hydrogen) atoms. The molecule has 0 N–H and O–H groups in total. The van der Waals surface area contributed by atoms with Crippen LogP contribution in [0, 0.1) is 16.2 Å². The second-order valence-corrected chi connectivity index (χ2v) is 10.5. The van der Waals surface area contributed by atoms with E-state index in [0.29, 0.717) is 12.8 Å². The number of carbonyl (C=O) groups excluding carboxylic acids is 2. The SMILES string of the molecule is CCC(C)(C)CC(C)(C(=O)OC(C)(CC)CC(=O)OCC(F)(F)C(F)(F)F)C(C)(C)CC. The van der Waals surface area contributed by atoms with Gasteiger partial charge in [-0.1, -0.05) is 54.9 Å². The Balaban J connectivity index is 5.62. The number of hydrogen-bond donors (Lipinski definition) is 0. The Morgan fingerprint density at radius 2 is 1.28 bits per heavy atom. The molecule has 0 aromatic rings. The van der Waals surface area contributed by atoms with Crippen molar-refractivity contribution < 1.29 is 41.0 Å². The molecule has 0 aliphatic carbocycles. The van der Waals surface area contributed by atoms with Crippen molar-refractivity contribution in [2.75, 3.05) is 6.61 Å². The number of rotatable bonds is 12. The van der Waals surface area contributed by atoms with Crippen LogP contribution < -0.4 is 0 Å². The zero-order valence-electron chi connectivity index (χ0n) is 20.8. The van der Waals surface area contributed by atoms with Crippen molar-refractivity contribution >= 4 is 11.9 Å². The summed E-state index contributed by atoms with van der Waals surface area (Å²) in [5.41, 5.74) is -2.97. The van der Waals surface area contributed by atoms with Gasteiger partial charge >= 0.3 is 24.0 Å². The first-order valence-corrected chi connectivity index (χ1v) is 11.0. The number of alkyl halides is 5. The number of hydrogen-bond acceptors (Lipinski definition) is 4. The summed E-state index contributed by atoms with van der Waals surface area (Å²) in [7, 11) is 0. The highest BCUT2D eigenvalue weighted by Gasteiger charge is 2.58. The van der Waals surface area contributed by atoms with Gasteiger partial charge in [-0.15, -0.1) is 0 Å². The number of halogens is 5. The van der Waals surface area contributed by atoms with Crippen LogP contribution in [0.4, 0.5) is 22.0 Å². The molecule has 0 amide bonds. The van der Waals surface area contributed by atoms with Crippen LogP contribution in [0.2, 0.25) is 0 Å². The Morgan fingerprint density at radius 3 is 1.66 bits per heavy atom. The largest absolute Gasteiger partial charge is 0.459 e. The number of carbonyl (C=O) groups is 2. The zero-order chi connectivity index (χ0) is 25.8. The van der Waals surface area contributed by atoms with E-state index in [9.17, 15) is 31.5 Å². The average Bonchev–Trinajstić information content (AvgIpc) is 2.64. The van der Waals surface area contributed by atoms with E-state index in [0.717, 1.165) is 6.42 Å². The van der Waals surface area contributed by atoms with Crippen LogP contribution in [0.15, 0.2) is 0 Å². The van der Waals surface area contributed by atoms with Gasteiger partial charge in [0.15, 0.2) is 6.61 Å². The first-order valence-electron chi connectivity index (χ1n) is 11.0. The summed E-state index contributed by atoms with van der Waals surface area (Å²) in [6, 6.07) is 0. The van der Waals surface area contributed by atoms with E-state index < -0.39 is 53.5 Å². The molecule has 4 nitrogen and oxygen atoms in total. The maximum Gasteiger partial charge on any atom is 0.456 e. The summed E-state index contributed by atoms with van der Waals surface area (Å²) in [5.74, 6) is -6.99. The maximum absolute atomic E-state index is 13.4. The molecule has 190 valence electrons. The standard InChI is InChI=1S/C23H39F5O4/c1-10-18(4,5)14-21(9,19(6,7)11-2)17(30)32-20(8,12-3)13-16(29)31-15-22(24,25)23(26,27)28/h10-15H2,1-9H3. The van der Waals surface area contributed by atoms with Crippen LogP contribution in [0.25, 0.3) is 0 Å². The molecule has 0 bridgehead atoms.